The maximum atomic E-state index is 12.7. The van der Waals surface area contributed by atoms with Gasteiger partial charge in [0.1, 0.15) is 5.82 Å². The van der Waals surface area contributed by atoms with E-state index < -0.39 is 0 Å². The highest BCUT2D eigenvalue weighted by Gasteiger charge is 2.21. The van der Waals surface area contributed by atoms with E-state index in [2.05, 4.69) is 65.4 Å². The monoisotopic (exact) mass is 563 g/mol. The first kappa shape index (κ1) is 28.6. The molecule has 7 heteroatoms. The van der Waals surface area contributed by atoms with Crippen molar-refractivity contribution in [2.45, 2.75) is 31.3 Å². The Balaban J connectivity index is 1.16. The van der Waals surface area contributed by atoms with Crippen LogP contribution >= 0.6 is 11.8 Å². The third-order valence-electron chi connectivity index (χ3n) is 7.34. The van der Waals surface area contributed by atoms with Gasteiger partial charge in [0, 0.05) is 61.8 Å². The van der Waals surface area contributed by atoms with Crippen molar-refractivity contribution >= 4 is 29.6 Å². The molecule has 1 saturated heterocycles. The van der Waals surface area contributed by atoms with Crippen LogP contribution in [0.2, 0.25) is 0 Å². The molecule has 0 atom stereocenters. The predicted molar refractivity (Wildman–Crippen MR) is 169 cm³/mol. The van der Waals surface area contributed by atoms with E-state index in [9.17, 15) is 4.79 Å². The van der Waals surface area contributed by atoms with Crippen LogP contribution in [0.5, 0.6) is 0 Å². The lowest BCUT2D eigenvalue weighted by molar-refractivity contribution is 0.0951. The van der Waals surface area contributed by atoms with Crippen LogP contribution < -0.4 is 10.2 Å². The van der Waals surface area contributed by atoms with Crippen LogP contribution in [0.1, 0.15) is 38.3 Å². The minimum Gasteiger partial charge on any atom is -0.354 e. The SMILES string of the molecule is Cc1nc(SCc2cccc(C(=O)NCc3ccccc3)c2)nc(N2CCN(CC=Cc3ccccc3)CC2)c1C. The predicted octanol–water partition coefficient (Wildman–Crippen LogP) is 6.15. The highest BCUT2D eigenvalue weighted by Crippen LogP contribution is 2.27. The Kier molecular flexibility index (Phi) is 9.83. The molecular weight excluding hydrogens is 526 g/mol. The van der Waals surface area contributed by atoms with Crippen LogP contribution in [0.3, 0.4) is 0 Å². The quantitative estimate of drug-likeness (QED) is 0.184. The van der Waals surface area contributed by atoms with Crippen LogP contribution in [0.4, 0.5) is 5.82 Å². The van der Waals surface area contributed by atoms with Crippen molar-refractivity contribution in [3.05, 3.63) is 125 Å². The molecular formula is C34H37N5OS. The second kappa shape index (κ2) is 14.1. The molecule has 1 N–H and O–H groups in total. The summed E-state index contributed by atoms with van der Waals surface area (Å²) < 4.78 is 0. The third kappa shape index (κ3) is 8.06. The Hall–Kier alpha value is -3.94. The molecule has 0 saturated carbocycles. The average Bonchev–Trinajstić information content (AvgIpc) is 3.02. The number of nitrogens with zero attached hydrogens (tertiary/aromatic N) is 4. The van der Waals surface area contributed by atoms with E-state index in [0.29, 0.717) is 17.9 Å². The van der Waals surface area contributed by atoms with Crippen LogP contribution in [-0.4, -0.2) is 53.5 Å². The van der Waals surface area contributed by atoms with Gasteiger partial charge < -0.3 is 10.2 Å². The first-order valence-electron chi connectivity index (χ1n) is 14.1. The standard InChI is InChI=1S/C34H37N5OS/c1-26-27(2)36-34(37-32(26)39-21-19-38(20-22-39)18-10-16-28-11-5-3-6-12-28)41-25-30-15-9-17-31(23-30)33(40)35-24-29-13-7-4-8-14-29/h3-17,23H,18-22,24-25H2,1-2H3,(H,35,40). The van der Waals surface area contributed by atoms with Crippen molar-refractivity contribution in [2.24, 2.45) is 0 Å². The van der Waals surface area contributed by atoms with Crippen LogP contribution in [-0.2, 0) is 12.3 Å². The molecule has 1 amide bonds. The van der Waals surface area contributed by atoms with E-state index in [1.165, 1.54) is 5.56 Å². The van der Waals surface area contributed by atoms with E-state index in [1.54, 1.807) is 11.8 Å². The number of carbonyl (C=O) groups excluding carboxylic acids is 1. The van der Waals surface area contributed by atoms with Gasteiger partial charge in [0.05, 0.1) is 0 Å². The van der Waals surface area contributed by atoms with Gasteiger partial charge in [-0.2, -0.15) is 0 Å². The molecule has 3 aromatic carbocycles. The third-order valence-corrected chi connectivity index (χ3v) is 8.26. The van der Waals surface area contributed by atoms with E-state index >= 15 is 0 Å². The number of hydrogen-bond donors (Lipinski definition) is 1. The zero-order chi connectivity index (χ0) is 28.4. The fraction of sp³-hybridized carbons (Fsp3) is 0.265. The highest BCUT2D eigenvalue weighted by molar-refractivity contribution is 7.98. The topological polar surface area (TPSA) is 61.4 Å². The highest BCUT2D eigenvalue weighted by atomic mass is 32.2. The normalized spacial score (nSPS) is 14.0. The van der Waals surface area contributed by atoms with E-state index in [4.69, 9.17) is 9.97 Å². The number of piperazine rings is 1. The summed E-state index contributed by atoms with van der Waals surface area (Å²) in [6.45, 7) is 9.54. The molecule has 0 unspecified atom stereocenters. The molecule has 210 valence electrons. The van der Waals surface area contributed by atoms with Gasteiger partial charge in [-0.25, -0.2) is 9.97 Å². The van der Waals surface area contributed by atoms with Crippen molar-refractivity contribution < 1.29 is 4.79 Å². The summed E-state index contributed by atoms with van der Waals surface area (Å²) in [7, 11) is 0. The minimum atomic E-state index is -0.0693. The number of carbonyl (C=O) groups is 1. The molecule has 41 heavy (non-hydrogen) atoms. The summed E-state index contributed by atoms with van der Waals surface area (Å²) >= 11 is 1.61. The number of thioether (sulfide) groups is 1. The number of amides is 1. The number of nitrogens with one attached hydrogen (secondary N) is 1. The molecule has 0 radical (unpaired) electrons. The number of aromatic nitrogens is 2. The summed E-state index contributed by atoms with van der Waals surface area (Å²) in [6.07, 6.45) is 4.45. The maximum Gasteiger partial charge on any atom is 0.251 e. The van der Waals surface area contributed by atoms with E-state index in [0.717, 1.165) is 66.1 Å². The zero-order valence-corrected chi connectivity index (χ0v) is 24.6. The van der Waals surface area contributed by atoms with Gasteiger partial charge in [-0.1, -0.05) is 96.7 Å². The summed E-state index contributed by atoms with van der Waals surface area (Å²) in [4.78, 5) is 27.4. The Bertz CT molecular complexity index is 1470. The summed E-state index contributed by atoms with van der Waals surface area (Å²) in [5, 5.41) is 3.79. The summed E-state index contributed by atoms with van der Waals surface area (Å²) in [5.41, 5.74) is 6.21. The number of anilines is 1. The Labute approximate surface area is 247 Å². The Morgan fingerprint density at radius 3 is 2.34 bits per heavy atom. The molecule has 1 aromatic heterocycles. The van der Waals surface area contributed by atoms with Crippen molar-refractivity contribution in [1.29, 1.82) is 0 Å². The van der Waals surface area contributed by atoms with Crippen molar-refractivity contribution in [3.8, 4) is 0 Å². The molecule has 0 bridgehead atoms. The van der Waals surface area contributed by atoms with Crippen LogP contribution in [0.15, 0.2) is 96.2 Å². The number of rotatable bonds is 10. The van der Waals surface area contributed by atoms with Crippen LogP contribution in [0.25, 0.3) is 6.08 Å². The lowest BCUT2D eigenvalue weighted by atomic mass is 10.1. The van der Waals surface area contributed by atoms with Gasteiger partial charge in [0.25, 0.3) is 5.91 Å². The Morgan fingerprint density at radius 2 is 1.59 bits per heavy atom. The number of benzene rings is 3. The fourth-order valence-corrected chi connectivity index (χ4v) is 5.66. The zero-order valence-electron chi connectivity index (χ0n) is 23.8. The average molecular weight is 564 g/mol. The lowest BCUT2D eigenvalue weighted by Crippen LogP contribution is -2.47. The summed E-state index contributed by atoms with van der Waals surface area (Å²) in [6, 6.07) is 28.2. The molecule has 5 rings (SSSR count). The van der Waals surface area contributed by atoms with Gasteiger partial charge >= 0.3 is 0 Å². The molecule has 1 aliphatic heterocycles. The second-order valence-corrected chi connectivity index (χ2v) is 11.2. The fourth-order valence-electron chi connectivity index (χ4n) is 4.84. The second-order valence-electron chi connectivity index (χ2n) is 10.3. The molecule has 0 spiro atoms. The van der Waals surface area contributed by atoms with Gasteiger partial charge in [-0.05, 0) is 42.7 Å². The number of aryl methyl sites for hydroxylation is 1. The molecule has 1 aliphatic rings. The van der Waals surface area contributed by atoms with Gasteiger partial charge in [-0.15, -0.1) is 0 Å². The Morgan fingerprint density at radius 1 is 0.878 bits per heavy atom. The van der Waals surface area contributed by atoms with Gasteiger partial charge in [0.2, 0.25) is 0 Å². The van der Waals surface area contributed by atoms with Crippen molar-refractivity contribution in [1.82, 2.24) is 20.2 Å². The van der Waals surface area contributed by atoms with E-state index in [1.807, 2.05) is 60.7 Å². The maximum absolute atomic E-state index is 12.7. The van der Waals surface area contributed by atoms with E-state index in [-0.39, 0.29) is 5.91 Å². The molecule has 6 nitrogen and oxygen atoms in total. The van der Waals surface area contributed by atoms with Crippen molar-refractivity contribution in [3.63, 3.8) is 0 Å². The van der Waals surface area contributed by atoms with Crippen LogP contribution in [0, 0.1) is 13.8 Å². The molecule has 1 fully saturated rings. The molecule has 2 heterocycles. The van der Waals surface area contributed by atoms with Gasteiger partial charge in [0.15, 0.2) is 5.16 Å². The first-order valence-corrected chi connectivity index (χ1v) is 15.1. The largest absolute Gasteiger partial charge is 0.354 e. The minimum absolute atomic E-state index is 0.0693. The lowest BCUT2D eigenvalue weighted by Gasteiger charge is -2.35. The van der Waals surface area contributed by atoms with Crippen molar-refractivity contribution in [2.75, 3.05) is 37.6 Å². The van der Waals surface area contributed by atoms with Gasteiger partial charge in [-0.3, -0.25) is 9.69 Å². The summed E-state index contributed by atoms with van der Waals surface area (Å²) in [5.74, 6) is 1.66. The first-order chi connectivity index (χ1) is 20.0. The number of hydrogen-bond acceptors (Lipinski definition) is 6. The smallest absolute Gasteiger partial charge is 0.251 e. The molecule has 4 aromatic rings. The molecule has 0 aliphatic carbocycles.